The summed E-state index contributed by atoms with van der Waals surface area (Å²) in [5.41, 5.74) is 0. The molecule has 3 nitrogen and oxygen atoms in total. The van der Waals surface area contributed by atoms with Crippen molar-refractivity contribution < 1.29 is 9.53 Å². The van der Waals surface area contributed by atoms with Crippen LogP contribution in [0.4, 0.5) is 0 Å². The predicted octanol–water partition coefficient (Wildman–Crippen LogP) is 1.86. The highest BCUT2D eigenvalue weighted by Crippen LogP contribution is 2.26. The van der Waals surface area contributed by atoms with Crippen molar-refractivity contribution in [3.63, 3.8) is 0 Å². The number of carbonyl (C=O) groups excluding carboxylic acids is 1. The van der Waals surface area contributed by atoms with Gasteiger partial charge in [0.1, 0.15) is 12.1 Å². The lowest BCUT2D eigenvalue weighted by atomic mass is 9.89. The molecule has 1 N–H and O–H groups in total. The van der Waals surface area contributed by atoms with Crippen LogP contribution in [0, 0.1) is 5.92 Å². The van der Waals surface area contributed by atoms with E-state index in [1.165, 1.54) is 12.8 Å². The normalized spacial score (nSPS) is 36.5. The van der Waals surface area contributed by atoms with Crippen molar-refractivity contribution in [3.8, 4) is 0 Å². The molecule has 3 heteroatoms. The van der Waals surface area contributed by atoms with Gasteiger partial charge in [-0.1, -0.05) is 6.92 Å². The lowest BCUT2D eigenvalue weighted by Gasteiger charge is -2.26. The van der Waals surface area contributed by atoms with Crippen molar-refractivity contribution >= 4 is 5.97 Å². The third-order valence-corrected chi connectivity index (χ3v) is 3.59. The summed E-state index contributed by atoms with van der Waals surface area (Å²) in [5, 5.41) is 3.18. The van der Waals surface area contributed by atoms with E-state index in [1.807, 2.05) is 0 Å². The zero-order valence-electron chi connectivity index (χ0n) is 9.50. The van der Waals surface area contributed by atoms with Crippen molar-refractivity contribution in [2.75, 3.05) is 6.54 Å². The van der Waals surface area contributed by atoms with Gasteiger partial charge >= 0.3 is 5.97 Å². The first-order valence-corrected chi connectivity index (χ1v) is 6.19. The number of hydrogen-bond acceptors (Lipinski definition) is 3. The highest BCUT2D eigenvalue weighted by molar-refractivity contribution is 5.76. The second-order valence-electron chi connectivity index (χ2n) is 4.97. The van der Waals surface area contributed by atoms with E-state index in [0.29, 0.717) is 0 Å². The summed E-state index contributed by atoms with van der Waals surface area (Å²) >= 11 is 0. The topological polar surface area (TPSA) is 38.3 Å². The van der Waals surface area contributed by atoms with Crippen LogP contribution in [0.2, 0.25) is 0 Å². The smallest absolute Gasteiger partial charge is 0.323 e. The number of nitrogens with one attached hydrogen (secondary N) is 1. The van der Waals surface area contributed by atoms with Gasteiger partial charge in [-0.15, -0.1) is 0 Å². The Labute approximate surface area is 91.6 Å². The van der Waals surface area contributed by atoms with E-state index in [1.54, 1.807) is 0 Å². The van der Waals surface area contributed by atoms with Gasteiger partial charge in [0.25, 0.3) is 0 Å². The number of rotatable bonds is 2. The molecule has 0 aromatic rings. The first-order valence-electron chi connectivity index (χ1n) is 6.19. The van der Waals surface area contributed by atoms with E-state index in [2.05, 4.69) is 12.2 Å². The average Bonchev–Trinajstić information content (AvgIpc) is 2.74. The van der Waals surface area contributed by atoms with Crippen LogP contribution in [0.3, 0.4) is 0 Å². The third kappa shape index (κ3) is 2.94. The van der Waals surface area contributed by atoms with E-state index in [9.17, 15) is 4.79 Å². The summed E-state index contributed by atoms with van der Waals surface area (Å²) in [7, 11) is 0. The molecule has 1 saturated carbocycles. The van der Waals surface area contributed by atoms with Crippen molar-refractivity contribution in [2.24, 2.45) is 5.92 Å². The molecule has 0 radical (unpaired) electrons. The maximum Gasteiger partial charge on any atom is 0.323 e. The molecule has 2 aliphatic rings. The number of hydrogen-bond donors (Lipinski definition) is 1. The van der Waals surface area contributed by atoms with Gasteiger partial charge in [0.05, 0.1) is 0 Å². The van der Waals surface area contributed by atoms with Gasteiger partial charge in [0.2, 0.25) is 0 Å². The van der Waals surface area contributed by atoms with Crippen LogP contribution in [0.25, 0.3) is 0 Å². The molecule has 86 valence electrons. The van der Waals surface area contributed by atoms with Crippen LogP contribution >= 0.6 is 0 Å². The Kier molecular flexibility index (Phi) is 3.62. The van der Waals surface area contributed by atoms with Gasteiger partial charge in [0.15, 0.2) is 0 Å². The van der Waals surface area contributed by atoms with Crippen LogP contribution < -0.4 is 5.32 Å². The molecule has 1 heterocycles. The zero-order valence-corrected chi connectivity index (χ0v) is 9.50. The molecular formula is C12H21NO2. The number of carbonyl (C=O) groups is 1. The van der Waals surface area contributed by atoms with Gasteiger partial charge in [-0.3, -0.25) is 4.79 Å². The predicted molar refractivity (Wildman–Crippen MR) is 58.5 cm³/mol. The Balaban J connectivity index is 1.74. The van der Waals surface area contributed by atoms with Crippen LogP contribution in [-0.2, 0) is 9.53 Å². The monoisotopic (exact) mass is 211 g/mol. The van der Waals surface area contributed by atoms with Gasteiger partial charge in [-0.2, -0.15) is 0 Å². The van der Waals surface area contributed by atoms with E-state index < -0.39 is 0 Å². The molecule has 15 heavy (non-hydrogen) atoms. The summed E-state index contributed by atoms with van der Waals surface area (Å²) in [6.45, 7) is 3.23. The van der Waals surface area contributed by atoms with Crippen molar-refractivity contribution in [1.82, 2.24) is 5.32 Å². The minimum absolute atomic E-state index is 0.0212. The standard InChI is InChI=1S/C12H21NO2/c1-9-4-6-10(7-5-9)15-12(14)11-3-2-8-13-11/h9-11,13H,2-8H2,1H3/t9?,10?,11-/m1/s1. The molecule has 1 aliphatic heterocycles. The Morgan fingerprint density at radius 3 is 2.53 bits per heavy atom. The molecule has 0 unspecified atom stereocenters. The Morgan fingerprint density at radius 2 is 1.93 bits per heavy atom. The van der Waals surface area contributed by atoms with Crippen LogP contribution in [0.15, 0.2) is 0 Å². The Bertz CT molecular complexity index is 216. The quantitative estimate of drug-likeness (QED) is 0.708. The fraction of sp³-hybridized carbons (Fsp3) is 0.917. The molecule has 1 aliphatic carbocycles. The highest BCUT2D eigenvalue weighted by Gasteiger charge is 2.27. The van der Waals surface area contributed by atoms with E-state index >= 15 is 0 Å². The molecule has 1 saturated heterocycles. The maximum absolute atomic E-state index is 11.7. The molecule has 2 rings (SSSR count). The second kappa shape index (κ2) is 4.97. The summed E-state index contributed by atoms with van der Waals surface area (Å²) in [6.07, 6.45) is 6.76. The first-order chi connectivity index (χ1) is 7.25. The molecule has 2 fully saturated rings. The largest absolute Gasteiger partial charge is 0.461 e. The molecule has 1 atom stereocenters. The molecule has 0 aromatic heterocycles. The van der Waals surface area contributed by atoms with Crippen LogP contribution in [0.1, 0.15) is 45.4 Å². The summed E-state index contributed by atoms with van der Waals surface area (Å²) in [5.74, 6) is 0.789. The van der Waals surface area contributed by atoms with Gasteiger partial charge < -0.3 is 10.1 Å². The summed E-state index contributed by atoms with van der Waals surface area (Å²) < 4.78 is 5.52. The lowest BCUT2D eigenvalue weighted by molar-refractivity contribution is -0.153. The summed E-state index contributed by atoms with van der Waals surface area (Å²) in [6, 6.07) is -0.0238. The van der Waals surface area contributed by atoms with Gasteiger partial charge in [-0.25, -0.2) is 0 Å². The van der Waals surface area contributed by atoms with Crippen molar-refractivity contribution in [3.05, 3.63) is 0 Å². The molecular weight excluding hydrogens is 190 g/mol. The lowest BCUT2D eigenvalue weighted by Crippen LogP contribution is -2.36. The van der Waals surface area contributed by atoms with Gasteiger partial charge in [-0.05, 0) is 51.0 Å². The second-order valence-corrected chi connectivity index (χ2v) is 4.97. The van der Waals surface area contributed by atoms with Gasteiger partial charge in [0, 0.05) is 0 Å². The average molecular weight is 211 g/mol. The number of esters is 1. The van der Waals surface area contributed by atoms with Crippen molar-refractivity contribution in [2.45, 2.75) is 57.6 Å². The fourth-order valence-electron chi connectivity index (χ4n) is 2.48. The SMILES string of the molecule is CC1CCC(OC(=O)[C@H]2CCCN2)CC1. The van der Waals surface area contributed by atoms with E-state index in [4.69, 9.17) is 4.74 Å². The van der Waals surface area contributed by atoms with E-state index in [0.717, 1.165) is 38.1 Å². The molecule has 0 bridgehead atoms. The molecule has 0 amide bonds. The Morgan fingerprint density at radius 1 is 1.20 bits per heavy atom. The summed E-state index contributed by atoms with van der Waals surface area (Å²) in [4.78, 5) is 11.7. The van der Waals surface area contributed by atoms with Crippen molar-refractivity contribution in [1.29, 1.82) is 0 Å². The highest BCUT2D eigenvalue weighted by atomic mass is 16.5. The zero-order chi connectivity index (χ0) is 10.7. The minimum Gasteiger partial charge on any atom is -0.461 e. The minimum atomic E-state index is -0.0238. The molecule has 0 spiro atoms. The third-order valence-electron chi connectivity index (χ3n) is 3.59. The van der Waals surface area contributed by atoms with E-state index in [-0.39, 0.29) is 18.1 Å². The van der Waals surface area contributed by atoms with Crippen LogP contribution in [0.5, 0.6) is 0 Å². The Hall–Kier alpha value is -0.570. The molecule has 0 aromatic carbocycles. The fourth-order valence-corrected chi connectivity index (χ4v) is 2.48. The first kappa shape index (κ1) is 10.9. The van der Waals surface area contributed by atoms with Crippen LogP contribution in [-0.4, -0.2) is 24.7 Å². The number of ether oxygens (including phenoxy) is 1. The maximum atomic E-state index is 11.7.